The van der Waals surface area contributed by atoms with Gasteiger partial charge in [-0.15, -0.1) is 11.3 Å². The minimum absolute atomic E-state index is 0.147. The molecule has 3 aromatic heterocycles. The van der Waals surface area contributed by atoms with Gasteiger partial charge in [-0.3, -0.25) is 10.1 Å². The number of nitrogens with zero attached hydrogens (tertiary/aromatic N) is 2. The number of alkyl halides is 3. The Bertz CT molecular complexity index is 1550. The Morgan fingerprint density at radius 2 is 1.94 bits per heavy atom. The lowest BCUT2D eigenvalue weighted by Gasteiger charge is -2.19. The first-order valence-electron chi connectivity index (χ1n) is 10.5. The smallest absolute Gasteiger partial charge is 0.418 e. The van der Waals surface area contributed by atoms with Crippen molar-refractivity contribution in [1.82, 2.24) is 15.0 Å². The summed E-state index contributed by atoms with van der Waals surface area (Å²) in [6, 6.07) is 9.80. The average Bonchev–Trinajstić information content (AvgIpc) is 3.48. The second-order valence-corrected chi connectivity index (χ2v) is 8.78. The number of benzene rings is 2. The van der Waals surface area contributed by atoms with E-state index in [0.717, 1.165) is 39.9 Å². The van der Waals surface area contributed by atoms with E-state index in [2.05, 4.69) is 20.3 Å². The Morgan fingerprint density at radius 1 is 1.17 bits per heavy atom. The predicted molar refractivity (Wildman–Crippen MR) is 127 cm³/mol. The number of hydrogen-bond donors (Lipinski definition) is 4. The van der Waals surface area contributed by atoms with Crippen molar-refractivity contribution in [2.75, 3.05) is 5.32 Å². The number of fused-ring (bicyclic) bond motifs is 2. The molecule has 0 unspecified atom stereocenters. The van der Waals surface area contributed by atoms with E-state index in [1.165, 1.54) is 12.3 Å². The van der Waals surface area contributed by atoms with E-state index < -0.39 is 35.0 Å². The molecule has 0 saturated heterocycles. The zero-order valence-electron chi connectivity index (χ0n) is 17.9. The van der Waals surface area contributed by atoms with Gasteiger partial charge in [0.1, 0.15) is 11.3 Å². The number of pyridine rings is 1. The highest BCUT2D eigenvalue weighted by Gasteiger charge is 2.35. The highest BCUT2D eigenvalue weighted by Crippen LogP contribution is 2.40. The van der Waals surface area contributed by atoms with Crippen LogP contribution in [0.4, 0.5) is 18.3 Å². The normalized spacial score (nSPS) is 12.8. The van der Waals surface area contributed by atoms with Gasteiger partial charge in [0.05, 0.1) is 22.8 Å². The third-order valence-electron chi connectivity index (χ3n) is 5.67. The number of amides is 1. The molecule has 2 aromatic carbocycles. The number of aromatic hydroxyl groups is 1. The van der Waals surface area contributed by atoms with Gasteiger partial charge < -0.3 is 15.8 Å². The topological polar surface area (TPSA) is 117 Å². The molecule has 7 nitrogen and oxygen atoms in total. The first-order valence-corrected chi connectivity index (χ1v) is 11.4. The summed E-state index contributed by atoms with van der Waals surface area (Å²) in [5, 5.41) is 16.2. The monoisotopic (exact) mass is 497 g/mol. The number of rotatable bonds is 5. The Hall–Kier alpha value is -3.96. The van der Waals surface area contributed by atoms with E-state index in [1.807, 2.05) is 24.3 Å². The van der Waals surface area contributed by atoms with E-state index in [4.69, 9.17) is 5.73 Å². The van der Waals surface area contributed by atoms with Gasteiger partial charge >= 0.3 is 6.18 Å². The van der Waals surface area contributed by atoms with Crippen LogP contribution in [0, 0.1) is 0 Å². The first kappa shape index (κ1) is 22.8. The van der Waals surface area contributed by atoms with E-state index in [-0.39, 0.29) is 28.2 Å². The van der Waals surface area contributed by atoms with Crippen LogP contribution >= 0.6 is 11.3 Å². The highest BCUT2D eigenvalue weighted by molar-refractivity contribution is 7.13. The number of carbonyl (C=O) groups is 1. The van der Waals surface area contributed by atoms with E-state index >= 15 is 0 Å². The van der Waals surface area contributed by atoms with Crippen molar-refractivity contribution >= 4 is 44.2 Å². The zero-order valence-corrected chi connectivity index (χ0v) is 18.7. The molecular weight excluding hydrogens is 479 g/mol. The minimum Gasteiger partial charge on any atom is -0.506 e. The summed E-state index contributed by atoms with van der Waals surface area (Å²) in [6.07, 6.45) is -1.32. The van der Waals surface area contributed by atoms with Crippen LogP contribution in [0.3, 0.4) is 0 Å². The summed E-state index contributed by atoms with van der Waals surface area (Å²) in [7, 11) is 0. The van der Waals surface area contributed by atoms with Crippen molar-refractivity contribution in [2.45, 2.75) is 18.6 Å². The molecule has 1 amide bonds. The van der Waals surface area contributed by atoms with E-state index in [1.54, 1.807) is 11.6 Å². The van der Waals surface area contributed by atoms with Gasteiger partial charge in [0.25, 0.3) is 5.91 Å². The highest BCUT2D eigenvalue weighted by atomic mass is 32.1. The van der Waals surface area contributed by atoms with Crippen LogP contribution in [0.2, 0.25) is 0 Å². The molecule has 0 aliphatic carbocycles. The molecule has 35 heavy (non-hydrogen) atoms. The molecule has 1 atom stereocenters. The van der Waals surface area contributed by atoms with Gasteiger partial charge in [-0.2, -0.15) is 13.2 Å². The minimum atomic E-state index is -4.72. The van der Waals surface area contributed by atoms with Crippen molar-refractivity contribution in [3.8, 4) is 5.75 Å². The van der Waals surface area contributed by atoms with Crippen LogP contribution in [0.15, 0.2) is 60.2 Å². The lowest BCUT2D eigenvalue weighted by molar-refractivity contribution is -0.136. The molecule has 3 heterocycles. The van der Waals surface area contributed by atoms with Crippen molar-refractivity contribution in [1.29, 1.82) is 0 Å². The number of carbonyl (C=O) groups excluding carboxylic acids is 1. The zero-order chi connectivity index (χ0) is 24.7. The molecule has 0 aliphatic heterocycles. The predicted octanol–water partition coefficient (Wildman–Crippen LogP) is 5.39. The quantitative estimate of drug-likeness (QED) is 0.260. The molecule has 0 radical (unpaired) electrons. The number of thiazole rings is 1. The fourth-order valence-electron chi connectivity index (χ4n) is 4.09. The third-order valence-corrected chi connectivity index (χ3v) is 6.36. The number of para-hydroxylation sites is 2. The molecule has 0 aliphatic rings. The van der Waals surface area contributed by atoms with Crippen LogP contribution in [0.25, 0.3) is 21.8 Å². The maximum Gasteiger partial charge on any atom is 0.418 e. The number of hydrogen-bond acceptors (Lipinski definition) is 6. The van der Waals surface area contributed by atoms with Gasteiger partial charge in [0.2, 0.25) is 0 Å². The standard InChI is InChI=1S/C24H18F3N5O2S/c25-24(26,27)15-6-3-5-14-19(15)31-20(18(21(14)33)22(34)32-23-29-8-9-35-23)16(28)10-12-11-30-17-7-2-1-4-13(12)17/h1-9,11,16,30H,10,28H2,(H,31,33)(H,29,32,34)/t16-/m0/s1. The number of anilines is 1. The number of nitrogens with one attached hydrogen (secondary N) is 2. The second kappa shape index (κ2) is 8.67. The van der Waals surface area contributed by atoms with Crippen molar-refractivity contribution in [2.24, 2.45) is 5.73 Å². The first-order chi connectivity index (χ1) is 16.7. The average molecular weight is 498 g/mol. The Morgan fingerprint density at radius 3 is 2.69 bits per heavy atom. The summed E-state index contributed by atoms with van der Waals surface area (Å²) >= 11 is 1.15. The second-order valence-electron chi connectivity index (χ2n) is 7.88. The van der Waals surface area contributed by atoms with E-state index in [0.29, 0.717) is 0 Å². The van der Waals surface area contributed by atoms with Crippen LogP contribution in [-0.4, -0.2) is 26.0 Å². The number of H-pyrrole nitrogens is 1. The lowest BCUT2D eigenvalue weighted by atomic mass is 9.96. The number of aromatic amines is 1. The molecule has 5 rings (SSSR count). The van der Waals surface area contributed by atoms with Crippen LogP contribution in [-0.2, 0) is 12.6 Å². The molecule has 0 fully saturated rings. The summed E-state index contributed by atoms with van der Waals surface area (Å²) in [4.78, 5) is 24.5. The Balaban J connectivity index is 1.67. The largest absolute Gasteiger partial charge is 0.506 e. The Kier molecular flexibility index (Phi) is 5.65. The maximum absolute atomic E-state index is 13.7. The fourth-order valence-corrected chi connectivity index (χ4v) is 4.61. The van der Waals surface area contributed by atoms with E-state index in [9.17, 15) is 23.1 Å². The summed E-state index contributed by atoms with van der Waals surface area (Å²) in [6.45, 7) is 0. The van der Waals surface area contributed by atoms with Crippen LogP contribution in [0.1, 0.15) is 33.2 Å². The molecule has 0 bridgehead atoms. The molecule has 11 heteroatoms. The molecule has 0 spiro atoms. The van der Waals surface area contributed by atoms with Gasteiger partial charge in [0, 0.05) is 34.1 Å². The Labute approximate surface area is 200 Å². The molecule has 5 aromatic rings. The van der Waals surface area contributed by atoms with Crippen LogP contribution < -0.4 is 11.1 Å². The number of nitrogens with two attached hydrogens (primary N) is 1. The SMILES string of the molecule is N[C@@H](Cc1c[nH]c2ccccc12)c1nc2c(C(F)(F)F)cccc2c(O)c1C(=O)Nc1nccs1. The molecule has 0 saturated carbocycles. The summed E-state index contributed by atoms with van der Waals surface area (Å²) < 4.78 is 41.2. The van der Waals surface area contributed by atoms with Crippen molar-refractivity contribution in [3.63, 3.8) is 0 Å². The molecule has 178 valence electrons. The van der Waals surface area contributed by atoms with Crippen molar-refractivity contribution in [3.05, 3.63) is 82.6 Å². The van der Waals surface area contributed by atoms with Gasteiger partial charge in [-0.1, -0.05) is 24.3 Å². The summed E-state index contributed by atoms with van der Waals surface area (Å²) in [5.74, 6) is -1.40. The molecular formula is C24H18F3N5O2S. The van der Waals surface area contributed by atoms with Gasteiger partial charge in [-0.05, 0) is 30.2 Å². The fraction of sp³-hybridized carbons (Fsp3) is 0.125. The number of halogens is 3. The maximum atomic E-state index is 13.7. The third kappa shape index (κ3) is 4.19. The van der Waals surface area contributed by atoms with Gasteiger partial charge in [-0.25, -0.2) is 9.97 Å². The number of aromatic nitrogens is 3. The van der Waals surface area contributed by atoms with Crippen LogP contribution in [0.5, 0.6) is 5.75 Å². The van der Waals surface area contributed by atoms with Gasteiger partial charge in [0.15, 0.2) is 5.13 Å². The van der Waals surface area contributed by atoms with Crippen molar-refractivity contribution < 1.29 is 23.1 Å². The lowest BCUT2D eigenvalue weighted by Crippen LogP contribution is -2.23. The summed E-state index contributed by atoms with van der Waals surface area (Å²) in [5.41, 5.74) is 6.16. The molecule has 5 N–H and O–H groups in total.